The van der Waals surface area contributed by atoms with Gasteiger partial charge in [-0.2, -0.15) is 18.2 Å². The Hall–Kier alpha value is -2.58. The van der Waals surface area contributed by atoms with E-state index < -0.39 is 23.9 Å². The summed E-state index contributed by atoms with van der Waals surface area (Å²) in [5.74, 6) is -1.37. The van der Waals surface area contributed by atoms with Crippen molar-refractivity contribution in [3.63, 3.8) is 0 Å². The van der Waals surface area contributed by atoms with Crippen molar-refractivity contribution >= 4 is 11.9 Å². The van der Waals surface area contributed by atoms with Gasteiger partial charge in [0.15, 0.2) is 0 Å². The van der Waals surface area contributed by atoms with Crippen LogP contribution in [0, 0.1) is 0 Å². The maximum atomic E-state index is 12.3. The Morgan fingerprint density at radius 1 is 1.30 bits per heavy atom. The number of amides is 1. The Labute approximate surface area is 130 Å². The molecule has 0 aliphatic carbocycles. The summed E-state index contributed by atoms with van der Waals surface area (Å²) in [6.45, 7) is 2.45. The number of ether oxygens (including phenoxy) is 1. The van der Waals surface area contributed by atoms with Crippen LogP contribution >= 0.6 is 0 Å². The summed E-state index contributed by atoms with van der Waals surface area (Å²) in [4.78, 5) is 14.9. The Bertz CT molecular complexity index is 653. The zero-order chi connectivity index (χ0) is 16.9. The van der Waals surface area contributed by atoms with Gasteiger partial charge in [0.1, 0.15) is 5.75 Å². The molecular weight excluding hydrogens is 313 g/mol. The van der Waals surface area contributed by atoms with Gasteiger partial charge >= 0.3 is 6.18 Å². The third-order valence-corrected chi connectivity index (χ3v) is 2.88. The monoisotopic (exact) mass is 328 g/mol. The number of carbonyl (C=O) groups is 1. The number of nitrogens with zero attached hydrogens (tertiary/aromatic N) is 2. The van der Waals surface area contributed by atoms with E-state index in [4.69, 9.17) is 4.74 Å². The summed E-state index contributed by atoms with van der Waals surface area (Å²) in [5, 5.41) is 7.25. The molecule has 23 heavy (non-hydrogen) atoms. The van der Waals surface area contributed by atoms with Gasteiger partial charge in [-0.1, -0.05) is 12.1 Å². The molecule has 6 nitrogen and oxygen atoms in total. The van der Waals surface area contributed by atoms with Gasteiger partial charge in [0.05, 0.1) is 6.61 Å². The highest BCUT2D eigenvalue weighted by molar-refractivity contribution is 5.89. The van der Waals surface area contributed by atoms with Crippen molar-refractivity contribution < 1.29 is 22.7 Å². The van der Waals surface area contributed by atoms with Crippen LogP contribution in [-0.4, -0.2) is 27.7 Å². The van der Waals surface area contributed by atoms with Crippen LogP contribution in [0.4, 0.5) is 19.1 Å². The predicted molar refractivity (Wildman–Crippen MR) is 75.9 cm³/mol. The second-order valence-corrected chi connectivity index (χ2v) is 4.63. The average molecular weight is 328 g/mol. The lowest BCUT2D eigenvalue weighted by molar-refractivity contribution is -0.144. The average Bonchev–Trinajstić information content (AvgIpc) is 2.95. The first-order valence-corrected chi connectivity index (χ1v) is 6.89. The number of aromatic nitrogens is 3. The van der Waals surface area contributed by atoms with E-state index in [9.17, 15) is 18.0 Å². The van der Waals surface area contributed by atoms with Crippen molar-refractivity contribution in [3.8, 4) is 5.75 Å². The largest absolute Gasteiger partial charge is 0.494 e. The van der Waals surface area contributed by atoms with Crippen LogP contribution in [0.2, 0.25) is 0 Å². The van der Waals surface area contributed by atoms with Crippen molar-refractivity contribution in [2.24, 2.45) is 0 Å². The van der Waals surface area contributed by atoms with Crippen molar-refractivity contribution in [1.29, 1.82) is 0 Å². The lowest BCUT2D eigenvalue weighted by Crippen LogP contribution is -2.14. The molecule has 124 valence electrons. The van der Waals surface area contributed by atoms with Crippen molar-refractivity contribution in [1.82, 2.24) is 15.2 Å². The number of aromatic amines is 1. The smallest absolute Gasteiger partial charge is 0.451 e. The SMILES string of the molecule is CCOc1ccc(CCC(=O)Nc2n[nH]c(C(F)(F)F)n2)cc1. The normalized spacial score (nSPS) is 11.3. The van der Waals surface area contributed by atoms with Gasteiger partial charge in [-0.05, 0) is 31.0 Å². The third kappa shape index (κ3) is 4.97. The molecule has 0 saturated carbocycles. The number of hydrogen-bond donors (Lipinski definition) is 2. The van der Waals surface area contributed by atoms with Gasteiger partial charge in [0.25, 0.3) is 0 Å². The summed E-state index contributed by atoms with van der Waals surface area (Å²) in [6.07, 6.45) is -4.09. The molecule has 0 unspecified atom stereocenters. The highest BCUT2D eigenvalue weighted by Gasteiger charge is 2.35. The number of H-pyrrole nitrogens is 1. The van der Waals surface area contributed by atoms with Crippen molar-refractivity contribution in [2.45, 2.75) is 25.9 Å². The number of nitrogens with one attached hydrogen (secondary N) is 2. The number of alkyl halides is 3. The highest BCUT2D eigenvalue weighted by Crippen LogP contribution is 2.26. The zero-order valence-corrected chi connectivity index (χ0v) is 12.3. The minimum absolute atomic E-state index is 0.101. The molecule has 2 aromatic rings. The molecule has 0 saturated heterocycles. The van der Waals surface area contributed by atoms with Gasteiger partial charge in [0.2, 0.25) is 17.7 Å². The summed E-state index contributed by atoms with van der Waals surface area (Å²) in [7, 11) is 0. The fourth-order valence-electron chi connectivity index (χ4n) is 1.81. The molecule has 9 heteroatoms. The van der Waals surface area contributed by atoms with E-state index in [2.05, 4.69) is 15.4 Å². The van der Waals surface area contributed by atoms with E-state index in [1.807, 2.05) is 19.1 Å². The standard InChI is InChI=1S/C14H15F3N4O2/c1-2-23-10-6-3-9(4-7-10)5-8-11(22)18-13-19-12(20-21-13)14(15,16)17/h3-4,6-7H,2,5,8H2,1H3,(H2,18,19,20,21,22). The molecule has 0 bridgehead atoms. The number of hydrogen-bond acceptors (Lipinski definition) is 4. The lowest BCUT2D eigenvalue weighted by Gasteiger charge is -2.05. The highest BCUT2D eigenvalue weighted by atomic mass is 19.4. The number of benzene rings is 1. The first kappa shape index (κ1) is 16.8. The summed E-state index contributed by atoms with van der Waals surface area (Å²) in [5.41, 5.74) is 0.912. The third-order valence-electron chi connectivity index (χ3n) is 2.88. The number of aryl methyl sites for hydroxylation is 1. The van der Waals surface area contributed by atoms with Crippen molar-refractivity contribution in [3.05, 3.63) is 35.7 Å². The van der Waals surface area contributed by atoms with E-state index in [1.165, 1.54) is 0 Å². The topological polar surface area (TPSA) is 79.9 Å². The van der Waals surface area contributed by atoms with Gasteiger partial charge in [-0.15, -0.1) is 5.10 Å². The number of carbonyl (C=O) groups excluding carboxylic acids is 1. The van der Waals surface area contributed by atoms with Gasteiger partial charge < -0.3 is 4.74 Å². The fraction of sp³-hybridized carbons (Fsp3) is 0.357. The Balaban J connectivity index is 1.84. The van der Waals surface area contributed by atoms with Crippen LogP contribution in [-0.2, 0) is 17.4 Å². The van der Waals surface area contributed by atoms with Gasteiger partial charge in [0, 0.05) is 6.42 Å². The summed E-state index contributed by atoms with van der Waals surface area (Å²) >= 11 is 0. The lowest BCUT2D eigenvalue weighted by atomic mass is 10.1. The molecule has 1 aromatic carbocycles. The number of rotatable bonds is 6. The maximum Gasteiger partial charge on any atom is 0.451 e. The Morgan fingerprint density at radius 2 is 2.00 bits per heavy atom. The molecule has 0 aliphatic rings. The van der Waals surface area contributed by atoms with E-state index >= 15 is 0 Å². The molecule has 1 aromatic heterocycles. The van der Waals surface area contributed by atoms with Crippen LogP contribution in [0.25, 0.3) is 0 Å². The molecule has 0 aliphatic heterocycles. The molecule has 2 N–H and O–H groups in total. The molecule has 0 spiro atoms. The molecule has 1 heterocycles. The predicted octanol–water partition coefficient (Wildman–Crippen LogP) is 2.79. The molecular formula is C14H15F3N4O2. The minimum Gasteiger partial charge on any atom is -0.494 e. The second-order valence-electron chi connectivity index (χ2n) is 4.63. The van der Waals surface area contributed by atoms with Crippen LogP contribution in [0.15, 0.2) is 24.3 Å². The zero-order valence-electron chi connectivity index (χ0n) is 12.3. The van der Waals surface area contributed by atoms with Crippen LogP contribution in [0.3, 0.4) is 0 Å². The number of anilines is 1. The molecule has 1 amide bonds. The van der Waals surface area contributed by atoms with Gasteiger partial charge in [-0.25, -0.2) is 0 Å². The van der Waals surface area contributed by atoms with E-state index in [0.717, 1.165) is 11.3 Å². The first-order chi connectivity index (χ1) is 10.9. The molecule has 2 rings (SSSR count). The Morgan fingerprint density at radius 3 is 2.57 bits per heavy atom. The van der Waals surface area contributed by atoms with Crippen LogP contribution in [0.5, 0.6) is 5.75 Å². The quantitative estimate of drug-likeness (QED) is 0.854. The minimum atomic E-state index is -4.63. The number of halogens is 3. The van der Waals surface area contributed by atoms with E-state index in [0.29, 0.717) is 13.0 Å². The fourth-order valence-corrected chi connectivity index (χ4v) is 1.81. The second kappa shape index (κ2) is 7.12. The van der Waals surface area contributed by atoms with Gasteiger partial charge in [-0.3, -0.25) is 15.2 Å². The molecule has 0 radical (unpaired) electrons. The maximum absolute atomic E-state index is 12.3. The first-order valence-electron chi connectivity index (χ1n) is 6.89. The summed E-state index contributed by atoms with van der Waals surface area (Å²) in [6, 6.07) is 7.24. The van der Waals surface area contributed by atoms with Crippen LogP contribution < -0.4 is 10.1 Å². The van der Waals surface area contributed by atoms with Crippen LogP contribution in [0.1, 0.15) is 24.7 Å². The van der Waals surface area contributed by atoms with E-state index in [1.54, 1.807) is 17.2 Å². The van der Waals surface area contributed by atoms with E-state index in [-0.39, 0.29) is 6.42 Å². The molecule has 0 atom stereocenters. The molecule has 0 fully saturated rings. The Kier molecular flexibility index (Phi) is 5.20. The van der Waals surface area contributed by atoms with Crippen molar-refractivity contribution in [2.75, 3.05) is 11.9 Å². The summed E-state index contributed by atoms with van der Waals surface area (Å²) < 4.78 is 42.3.